The Kier molecular flexibility index (Phi) is 14.4. The number of carbonyl (C=O) groups excluding carboxylic acids is 4. The molecule has 1 saturated heterocycles. The summed E-state index contributed by atoms with van der Waals surface area (Å²) in [4.78, 5) is 54.5. The average Bonchev–Trinajstić information content (AvgIpc) is 3.04. The number of nitrogens with one attached hydrogen (secondary N) is 3. The van der Waals surface area contributed by atoms with Crippen molar-refractivity contribution in [3.63, 3.8) is 0 Å². The summed E-state index contributed by atoms with van der Waals surface area (Å²) in [6, 6.07) is 3.69. The van der Waals surface area contributed by atoms with Gasteiger partial charge in [-0.15, -0.1) is 0 Å². The highest BCUT2D eigenvalue weighted by Gasteiger charge is 2.38. The fourth-order valence-corrected chi connectivity index (χ4v) is 6.03. The maximum absolute atomic E-state index is 14.0. The average molecular weight is 657 g/mol. The number of hydrogen-bond donors (Lipinski definition) is 4. The summed E-state index contributed by atoms with van der Waals surface area (Å²) in [7, 11) is 3.13. The van der Waals surface area contributed by atoms with Gasteiger partial charge in [0.1, 0.15) is 30.0 Å². The van der Waals surface area contributed by atoms with Gasteiger partial charge in [-0.3, -0.25) is 24.2 Å². The smallest absolute Gasteiger partial charge is 0.325 e. The predicted octanol–water partition coefficient (Wildman–Crippen LogP) is 2.81. The molecule has 0 aromatic heterocycles. The number of amides is 3. The zero-order valence-electron chi connectivity index (χ0n) is 28.6. The molecule has 1 aromatic rings. The van der Waals surface area contributed by atoms with Crippen LogP contribution in [0.25, 0.3) is 0 Å². The number of esters is 1. The fourth-order valence-electron chi connectivity index (χ4n) is 6.03. The van der Waals surface area contributed by atoms with Gasteiger partial charge in [0, 0.05) is 39.5 Å². The molecule has 12 nitrogen and oxygen atoms in total. The highest BCUT2D eigenvalue weighted by molar-refractivity contribution is 5.93. The van der Waals surface area contributed by atoms with Gasteiger partial charge in [-0.2, -0.15) is 0 Å². The van der Waals surface area contributed by atoms with Crippen molar-refractivity contribution in [2.24, 2.45) is 17.8 Å². The second-order valence-corrected chi connectivity index (χ2v) is 12.8. The lowest BCUT2D eigenvalue weighted by Gasteiger charge is -2.36. The number of rotatable bonds is 5. The van der Waals surface area contributed by atoms with Crippen LogP contribution in [0.4, 0.5) is 0 Å². The number of hydrogen-bond acceptors (Lipinski definition) is 9. The van der Waals surface area contributed by atoms with E-state index in [1.54, 1.807) is 33.1 Å². The summed E-state index contributed by atoms with van der Waals surface area (Å²) in [5, 5.41) is 17.2. The molecule has 0 unspecified atom stereocenters. The SMILES string of the molecule is CO[C@@H]1[C@@H](C)[C@@H](OC)C=CC=CC[C@@H](C)OC(=O)[C@@H]2CCCN(N2)C(=O)[C@H](Cc2cccc(O)c2)NC(=O)[C@H](C(C)C)NC(=O)[C@@H]1C. The first-order valence-electron chi connectivity index (χ1n) is 16.4. The van der Waals surface area contributed by atoms with Crippen molar-refractivity contribution in [2.75, 3.05) is 20.8 Å². The Morgan fingerprint density at radius 1 is 1.02 bits per heavy atom. The lowest BCUT2D eigenvalue weighted by atomic mass is 9.87. The number of fused-ring (bicyclic) bond motifs is 2. The summed E-state index contributed by atoms with van der Waals surface area (Å²) in [5.41, 5.74) is 3.63. The van der Waals surface area contributed by atoms with E-state index in [4.69, 9.17) is 14.2 Å². The first kappa shape index (κ1) is 37.7. The number of phenolic OH excluding ortho intramolecular Hbond substituents is 1. The third kappa shape index (κ3) is 10.6. The zero-order valence-corrected chi connectivity index (χ0v) is 28.6. The molecule has 0 saturated carbocycles. The quantitative estimate of drug-likeness (QED) is 0.350. The van der Waals surface area contributed by atoms with E-state index in [0.717, 1.165) is 0 Å². The van der Waals surface area contributed by atoms with Crippen LogP contribution >= 0.6 is 0 Å². The van der Waals surface area contributed by atoms with Crippen LogP contribution in [0.15, 0.2) is 48.6 Å². The van der Waals surface area contributed by atoms with Gasteiger partial charge >= 0.3 is 5.97 Å². The van der Waals surface area contributed by atoms with Crippen LogP contribution in [0.2, 0.25) is 0 Å². The molecule has 0 aliphatic carbocycles. The number of nitrogens with zero attached hydrogens (tertiary/aromatic N) is 1. The molecule has 2 heterocycles. The van der Waals surface area contributed by atoms with Crippen molar-refractivity contribution < 1.29 is 38.5 Å². The molecule has 0 spiro atoms. The van der Waals surface area contributed by atoms with Crippen LogP contribution in [0.5, 0.6) is 5.75 Å². The van der Waals surface area contributed by atoms with Crippen LogP contribution in [-0.4, -0.2) is 91.0 Å². The topological polar surface area (TPSA) is 156 Å². The van der Waals surface area contributed by atoms with E-state index in [-0.39, 0.29) is 36.0 Å². The minimum Gasteiger partial charge on any atom is -0.508 e. The molecule has 2 aliphatic heterocycles. The van der Waals surface area contributed by atoms with Crippen molar-refractivity contribution in [2.45, 2.75) is 96.7 Å². The van der Waals surface area contributed by atoms with Crippen LogP contribution in [0.3, 0.4) is 0 Å². The van der Waals surface area contributed by atoms with Crippen molar-refractivity contribution in [3.05, 3.63) is 54.1 Å². The van der Waals surface area contributed by atoms with Crippen LogP contribution in [-0.2, 0) is 39.8 Å². The Balaban J connectivity index is 1.98. The molecule has 2 bridgehead atoms. The first-order chi connectivity index (χ1) is 22.4. The number of methoxy groups -OCH3 is 2. The second kappa shape index (κ2) is 18.0. The van der Waals surface area contributed by atoms with Crippen LogP contribution in [0, 0.1) is 17.8 Å². The van der Waals surface area contributed by atoms with E-state index in [2.05, 4.69) is 16.1 Å². The Bertz CT molecular complexity index is 1280. The van der Waals surface area contributed by atoms with Gasteiger partial charge in [0.05, 0.1) is 18.1 Å². The monoisotopic (exact) mass is 656 g/mol. The number of hydrazine groups is 1. The zero-order chi connectivity index (χ0) is 34.7. The van der Waals surface area contributed by atoms with Gasteiger partial charge < -0.3 is 30.0 Å². The minimum absolute atomic E-state index is 0.0250. The summed E-state index contributed by atoms with van der Waals surface area (Å²) in [6.07, 6.45) is 7.74. The molecule has 2 aliphatic rings. The summed E-state index contributed by atoms with van der Waals surface area (Å²) in [5.74, 6) is -2.99. The molecule has 1 fully saturated rings. The lowest BCUT2D eigenvalue weighted by Crippen LogP contribution is -2.62. The van der Waals surface area contributed by atoms with Gasteiger partial charge in [0.2, 0.25) is 11.8 Å². The largest absolute Gasteiger partial charge is 0.508 e. The van der Waals surface area contributed by atoms with E-state index >= 15 is 0 Å². The molecular formula is C35H52N4O8. The van der Waals surface area contributed by atoms with Crippen LogP contribution < -0.4 is 16.1 Å². The molecule has 3 rings (SSSR count). The van der Waals surface area contributed by atoms with Crippen LogP contribution in [0.1, 0.15) is 59.4 Å². The standard InChI is InChI=1S/C35H52N4O8/c1-21(2)30-33(42)36-28(20-25-14-11-15-26(40)19-25)34(43)39-18-12-16-27(38-39)35(44)47-22(3)13-9-8-10-17-29(45-6)23(4)31(46-7)24(5)32(41)37-30/h8-11,14-15,17,19,21-24,27-31,38,40H,12-13,16,18,20H2,1-7H3,(H,36,42)(H,37,41)/t22-,23+,24-,27+,28+,29+,30+,31-/m1/s1. The van der Waals surface area contributed by atoms with Gasteiger partial charge in [0.15, 0.2) is 0 Å². The lowest BCUT2D eigenvalue weighted by molar-refractivity contribution is -0.156. The number of cyclic esters (lactones) is 1. The normalized spacial score (nSPS) is 30.6. The number of benzene rings is 1. The number of aromatic hydroxyl groups is 1. The third-order valence-electron chi connectivity index (χ3n) is 8.77. The maximum Gasteiger partial charge on any atom is 0.325 e. The molecule has 47 heavy (non-hydrogen) atoms. The number of allylic oxidation sites excluding steroid dienone is 2. The number of phenols is 1. The Hall–Kier alpha value is -3.74. The molecule has 1 aromatic carbocycles. The molecule has 8 atom stereocenters. The minimum atomic E-state index is -1.06. The first-order valence-corrected chi connectivity index (χ1v) is 16.4. The molecule has 12 heteroatoms. The van der Waals surface area contributed by atoms with E-state index in [9.17, 15) is 24.3 Å². The molecule has 4 N–H and O–H groups in total. The molecule has 260 valence electrons. The summed E-state index contributed by atoms with van der Waals surface area (Å²) >= 11 is 0. The van der Waals surface area contributed by atoms with Crippen molar-refractivity contribution in [1.29, 1.82) is 0 Å². The van der Waals surface area contributed by atoms with Crippen molar-refractivity contribution >= 4 is 23.7 Å². The Morgan fingerprint density at radius 2 is 1.77 bits per heavy atom. The van der Waals surface area contributed by atoms with E-state index < -0.39 is 54.0 Å². The fraction of sp³-hybridized carbons (Fsp3) is 0.600. The second-order valence-electron chi connectivity index (χ2n) is 12.8. The van der Waals surface area contributed by atoms with Gasteiger partial charge in [0.25, 0.3) is 5.91 Å². The number of ether oxygens (including phenoxy) is 3. The number of carbonyl (C=O) groups is 4. The molecule has 0 radical (unpaired) electrons. The summed E-state index contributed by atoms with van der Waals surface area (Å²) < 4.78 is 17.2. The highest BCUT2D eigenvalue weighted by Crippen LogP contribution is 2.24. The van der Waals surface area contributed by atoms with E-state index in [0.29, 0.717) is 31.4 Å². The molecule has 3 amide bonds. The van der Waals surface area contributed by atoms with E-state index in [1.165, 1.54) is 24.3 Å². The predicted molar refractivity (Wildman–Crippen MR) is 177 cm³/mol. The Morgan fingerprint density at radius 3 is 2.43 bits per heavy atom. The Labute approximate surface area is 278 Å². The van der Waals surface area contributed by atoms with Crippen molar-refractivity contribution in [3.8, 4) is 5.75 Å². The highest BCUT2D eigenvalue weighted by atomic mass is 16.5. The maximum atomic E-state index is 14.0. The van der Waals surface area contributed by atoms with E-state index in [1.807, 2.05) is 45.1 Å². The van der Waals surface area contributed by atoms with Gasteiger partial charge in [-0.1, -0.05) is 64.1 Å². The van der Waals surface area contributed by atoms with Gasteiger partial charge in [-0.05, 0) is 43.4 Å². The van der Waals surface area contributed by atoms with Crippen molar-refractivity contribution in [1.82, 2.24) is 21.1 Å². The third-order valence-corrected chi connectivity index (χ3v) is 8.77. The molecular weight excluding hydrogens is 604 g/mol. The van der Waals surface area contributed by atoms with Gasteiger partial charge in [-0.25, -0.2) is 5.43 Å². The summed E-state index contributed by atoms with van der Waals surface area (Å²) in [6.45, 7) is 9.43.